The van der Waals surface area contributed by atoms with Crippen molar-refractivity contribution in [3.8, 4) is 0 Å². The Hall–Kier alpha value is -4.59. The fourth-order valence-electron chi connectivity index (χ4n) is 6.19. The third-order valence-corrected chi connectivity index (χ3v) is 8.97. The minimum atomic E-state index is -1.53. The van der Waals surface area contributed by atoms with Crippen molar-refractivity contribution in [2.24, 2.45) is 12.2 Å². The van der Waals surface area contributed by atoms with Crippen molar-refractivity contribution >= 4 is 51.4 Å². The molecule has 4 N–H and O–H groups in total. The topological polar surface area (TPSA) is 183 Å². The van der Waals surface area contributed by atoms with E-state index in [2.05, 4.69) is 20.8 Å². The fourth-order valence-corrected chi connectivity index (χ4v) is 6.73. The van der Waals surface area contributed by atoms with Gasteiger partial charge in [0.2, 0.25) is 5.91 Å². The molecule has 6 rings (SSSR count). The van der Waals surface area contributed by atoms with Gasteiger partial charge in [-0.3, -0.25) is 14.4 Å². The Labute approximate surface area is 251 Å². The highest BCUT2D eigenvalue weighted by molar-refractivity contribution is 7.13. The number of nitrogens with one attached hydrogen (secondary N) is 2. The molecular weight excluding hydrogens is 574 g/mol. The molecule has 3 amide bonds. The number of amides is 3. The zero-order valence-corrected chi connectivity index (χ0v) is 24.3. The Morgan fingerprint density at radius 1 is 1.21 bits per heavy atom. The van der Waals surface area contributed by atoms with Gasteiger partial charge in [0.25, 0.3) is 11.8 Å². The number of pyridine rings is 1. The summed E-state index contributed by atoms with van der Waals surface area (Å²) in [7, 11) is 1.85. The van der Waals surface area contributed by atoms with Crippen LogP contribution in [0.3, 0.4) is 0 Å². The first-order chi connectivity index (χ1) is 20.7. The quantitative estimate of drug-likeness (QED) is 0.120. The zero-order valence-electron chi connectivity index (χ0n) is 23.5. The largest absolute Gasteiger partial charge is 0.543 e. The summed E-state index contributed by atoms with van der Waals surface area (Å²) in [5.41, 5.74) is 7.62. The lowest BCUT2D eigenvalue weighted by atomic mass is 9.79. The van der Waals surface area contributed by atoms with Crippen LogP contribution in [0.25, 0.3) is 5.57 Å². The molecule has 3 aliphatic heterocycles. The van der Waals surface area contributed by atoms with Crippen molar-refractivity contribution in [1.29, 1.82) is 0 Å². The van der Waals surface area contributed by atoms with Crippen molar-refractivity contribution in [3.63, 3.8) is 0 Å². The third-order valence-electron chi connectivity index (χ3n) is 8.30. The molecule has 1 aliphatic carbocycles. The van der Waals surface area contributed by atoms with E-state index in [0.717, 1.165) is 37.0 Å². The van der Waals surface area contributed by atoms with Crippen LogP contribution in [0.2, 0.25) is 0 Å². The Balaban J connectivity index is 1.30. The molecule has 2 saturated heterocycles. The van der Waals surface area contributed by atoms with Crippen LogP contribution >= 0.6 is 11.3 Å². The Morgan fingerprint density at radius 2 is 1.95 bits per heavy atom. The van der Waals surface area contributed by atoms with Crippen LogP contribution in [-0.2, 0) is 31.1 Å². The maximum atomic E-state index is 13.5. The molecule has 0 aromatic carbocycles. The number of rotatable bonds is 8. The molecule has 0 spiro atoms. The lowest BCUT2D eigenvalue weighted by Crippen LogP contribution is -2.72. The molecule has 3 fully saturated rings. The first kappa shape index (κ1) is 28.5. The van der Waals surface area contributed by atoms with E-state index in [4.69, 9.17) is 10.6 Å². The summed E-state index contributed by atoms with van der Waals surface area (Å²) >= 11 is 1.14. The number of oxime groups is 1. The minimum absolute atomic E-state index is 0.102. The molecule has 224 valence electrons. The lowest BCUT2D eigenvalue weighted by Gasteiger charge is -2.51. The van der Waals surface area contributed by atoms with E-state index in [1.54, 1.807) is 29.9 Å². The number of nitrogens with zero attached hydrogens (tertiary/aromatic N) is 4. The number of hydrogen-bond donors (Lipinski definition) is 3. The Kier molecular flexibility index (Phi) is 7.69. The maximum Gasteiger partial charge on any atom is 0.276 e. The molecule has 5 heterocycles. The smallest absolute Gasteiger partial charge is 0.276 e. The van der Waals surface area contributed by atoms with Crippen molar-refractivity contribution in [1.82, 2.24) is 20.5 Å². The highest BCUT2D eigenvalue weighted by atomic mass is 32.1. The van der Waals surface area contributed by atoms with Gasteiger partial charge in [0.1, 0.15) is 24.9 Å². The highest BCUT2D eigenvalue weighted by Gasteiger charge is 2.53. The predicted octanol–water partition coefficient (Wildman–Crippen LogP) is -0.320. The van der Waals surface area contributed by atoms with E-state index in [1.165, 1.54) is 4.90 Å². The molecule has 2 aromatic heterocycles. The summed E-state index contributed by atoms with van der Waals surface area (Å²) in [4.78, 5) is 63.3. The number of thiazole rings is 1. The molecule has 1 saturated carbocycles. The van der Waals surface area contributed by atoms with E-state index in [9.17, 15) is 24.3 Å². The van der Waals surface area contributed by atoms with Crippen LogP contribution in [0, 0.1) is 0 Å². The van der Waals surface area contributed by atoms with Crippen LogP contribution in [0.5, 0.6) is 0 Å². The monoisotopic (exact) mass is 605 g/mol. The van der Waals surface area contributed by atoms with Crippen LogP contribution in [0.4, 0.5) is 5.13 Å². The Bertz CT molecular complexity index is 1590. The first-order valence-corrected chi connectivity index (χ1v) is 15.1. The number of nitrogen functional groups attached to an aromatic ring is 1. The van der Waals surface area contributed by atoms with Gasteiger partial charge >= 0.3 is 0 Å². The molecule has 2 aromatic rings. The second-order valence-electron chi connectivity index (χ2n) is 11.0. The lowest BCUT2D eigenvalue weighted by molar-refractivity contribution is -0.671. The molecule has 43 heavy (non-hydrogen) atoms. The summed E-state index contributed by atoms with van der Waals surface area (Å²) in [6, 6.07) is 2.00. The molecule has 0 bridgehead atoms. The second kappa shape index (κ2) is 11.6. The molecule has 14 heteroatoms. The number of anilines is 1. The standard InChI is InChI=1S/C29H31N7O6S/c1-35-12-9-15(10-13-35)21(18-8-11-31-25(18)37)17-6-7-20-23(27(39)36(20)24(17)28(40)41)33-26(38)22(19-14-43-29(30)32-19)34-42-16-4-2-3-5-16/h9-10,12-14,16,20,23H,2-8,11H2,1H3,(H4-,30,31,32,33,37,38,40,41)/t20-,23+/m1/s1. The van der Waals surface area contributed by atoms with E-state index in [0.29, 0.717) is 41.7 Å². The summed E-state index contributed by atoms with van der Waals surface area (Å²) in [6.45, 7) is 0.435. The van der Waals surface area contributed by atoms with Gasteiger partial charge in [0.15, 0.2) is 23.2 Å². The van der Waals surface area contributed by atoms with E-state index in [1.807, 2.05) is 11.6 Å². The van der Waals surface area contributed by atoms with Crippen LogP contribution in [0.15, 0.2) is 51.9 Å². The molecule has 2 atom stereocenters. The number of aliphatic carboxylic acids is 1. The SMILES string of the molecule is C[n+]1ccc(C(=C2CCNC2=O)C2=C(C(=O)[O-])N3C(=O)[C@@H](NC(=O)C(=NOC4CCCC4)c4csc(N)n4)[C@H]3CC2)cc1. The number of carboxylic acid groups (broad SMARTS) is 1. The summed E-state index contributed by atoms with van der Waals surface area (Å²) in [5, 5.41) is 24.0. The van der Waals surface area contributed by atoms with Gasteiger partial charge in [0, 0.05) is 29.6 Å². The molecule has 13 nitrogen and oxygen atoms in total. The van der Waals surface area contributed by atoms with Gasteiger partial charge in [-0.05, 0) is 61.7 Å². The van der Waals surface area contributed by atoms with Gasteiger partial charge < -0.3 is 36.0 Å². The average Bonchev–Trinajstić information content (AvgIpc) is 3.76. The number of β-lactam (4-membered cyclic amide) rings is 1. The number of fused-ring (bicyclic) bond motifs is 1. The number of aryl methyl sites for hydroxylation is 1. The van der Waals surface area contributed by atoms with Crippen molar-refractivity contribution in [2.45, 2.75) is 63.1 Å². The van der Waals surface area contributed by atoms with Crippen molar-refractivity contribution in [2.75, 3.05) is 12.3 Å². The summed E-state index contributed by atoms with van der Waals surface area (Å²) in [6.07, 6.45) is 8.23. The Morgan fingerprint density at radius 3 is 2.58 bits per heavy atom. The van der Waals surface area contributed by atoms with Crippen LogP contribution in [-0.4, -0.2) is 64.0 Å². The van der Waals surface area contributed by atoms with Crippen LogP contribution < -0.4 is 26.0 Å². The van der Waals surface area contributed by atoms with E-state index < -0.39 is 29.9 Å². The van der Waals surface area contributed by atoms with Crippen molar-refractivity contribution in [3.05, 3.63) is 58.0 Å². The number of carbonyl (C=O) groups excluding carboxylic acids is 4. The van der Waals surface area contributed by atoms with E-state index >= 15 is 0 Å². The predicted molar refractivity (Wildman–Crippen MR) is 152 cm³/mol. The number of nitrogens with two attached hydrogens (primary N) is 1. The van der Waals surface area contributed by atoms with Crippen molar-refractivity contribution < 1.29 is 33.7 Å². The highest BCUT2D eigenvalue weighted by Crippen LogP contribution is 2.43. The number of aromatic nitrogens is 2. The maximum absolute atomic E-state index is 13.5. The van der Waals surface area contributed by atoms with Gasteiger partial charge in [-0.25, -0.2) is 9.55 Å². The minimum Gasteiger partial charge on any atom is -0.543 e. The van der Waals surface area contributed by atoms with Crippen LogP contribution in [0.1, 0.15) is 56.2 Å². The fraction of sp³-hybridized carbons (Fsp3) is 0.414. The molecule has 0 unspecified atom stereocenters. The number of allylic oxidation sites excluding steroid dienone is 2. The molecule has 4 aliphatic rings. The number of hydrogen-bond acceptors (Lipinski definition) is 10. The van der Waals surface area contributed by atoms with Gasteiger partial charge in [-0.2, -0.15) is 0 Å². The molecule has 0 radical (unpaired) electrons. The third kappa shape index (κ3) is 5.38. The van der Waals surface area contributed by atoms with E-state index in [-0.39, 0.29) is 40.7 Å². The second-order valence-corrected chi connectivity index (χ2v) is 11.9. The molecular formula is C29H31N7O6S. The first-order valence-electron chi connectivity index (χ1n) is 14.2. The summed E-state index contributed by atoms with van der Waals surface area (Å²) < 4.78 is 1.83. The number of carbonyl (C=O) groups is 4. The van der Waals surface area contributed by atoms with Gasteiger partial charge in [-0.1, -0.05) is 5.16 Å². The summed E-state index contributed by atoms with van der Waals surface area (Å²) in [5.74, 6) is -3.07. The zero-order chi connectivity index (χ0) is 30.2. The normalized spacial score (nSPS) is 23.6. The average molecular weight is 606 g/mol. The number of carboxylic acids is 1. The van der Waals surface area contributed by atoms with Gasteiger partial charge in [-0.15, -0.1) is 11.3 Å². The van der Waals surface area contributed by atoms with Gasteiger partial charge in [0.05, 0.1) is 17.7 Å².